The molecular weight excluding hydrogens is 526 g/mol. The van der Waals surface area contributed by atoms with Gasteiger partial charge in [-0.25, -0.2) is 5.43 Å². The molecule has 0 bridgehead atoms. The van der Waals surface area contributed by atoms with Crippen molar-refractivity contribution < 1.29 is 23.5 Å². The summed E-state index contributed by atoms with van der Waals surface area (Å²) in [6.07, 6.45) is 1.41. The molecular formula is C27H22BrN3O5. The van der Waals surface area contributed by atoms with Crippen LogP contribution >= 0.6 is 15.9 Å². The molecule has 1 aromatic heterocycles. The third kappa shape index (κ3) is 5.81. The average Bonchev–Trinajstić information content (AvgIpc) is 3.37. The van der Waals surface area contributed by atoms with Crippen LogP contribution in [0.2, 0.25) is 0 Å². The zero-order chi connectivity index (χ0) is 25.5. The first-order valence-electron chi connectivity index (χ1n) is 10.8. The summed E-state index contributed by atoms with van der Waals surface area (Å²) >= 11 is 3.41. The van der Waals surface area contributed by atoms with E-state index in [9.17, 15) is 9.59 Å². The van der Waals surface area contributed by atoms with E-state index in [4.69, 9.17) is 13.9 Å². The molecule has 0 saturated carbocycles. The molecule has 8 nitrogen and oxygen atoms in total. The molecule has 3 aromatic carbocycles. The third-order valence-electron chi connectivity index (χ3n) is 5.18. The van der Waals surface area contributed by atoms with Crippen LogP contribution in [0.5, 0.6) is 11.5 Å². The summed E-state index contributed by atoms with van der Waals surface area (Å²) in [7, 11) is 3.01. The number of hydrazone groups is 1. The number of nitrogens with one attached hydrogen (secondary N) is 2. The van der Waals surface area contributed by atoms with Gasteiger partial charge in [-0.3, -0.25) is 9.59 Å². The quantitative estimate of drug-likeness (QED) is 0.216. The molecule has 0 spiro atoms. The van der Waals surface area contributed by atoms with Gasteiger partial charge in [0.1, 0.15) is 11.5 Å². The number of hydrogen-bond donors (Lipinski definition) is 2. The highest BCUT2D eigenvalue weighted by Crippen LogP contribution is 2.28. The zero-order valence-corrected chi connectivity index (χ0v) is 21.0. The largest absolute Gasteiger partial charge is 0.493 e. The number of benzene rings is 3. The second kappa shape index (κ2) is 11.4. The van der Waals surface area contributed by atoms with Crippen LogP contribution in [0.25, 0.3) is 11.3 Å². The first-order chi connectivity index (χ1) is 17.5. The number of rotatable bonds is 8. The van der Waals surface area contributed by atoms with Crippen LogP contribution in [0.3, 0.4) is 0 Å². The fraction of sp³-hybridized carbons (Fsp3) is 0.0741. The van der Waals surface area contributed by atoms with E-state index < -0.39 is 11.8 Å². The molecule has 2 N–H and O–H groups in total. The Morgan fingerprint density at radius 3 is 2.39 bits per heavy atom. The lowest BCUT2D eigenvalue weighted by Crippen LogP contribution is -2.21. The monoisotopic (exact) mass is 547 g/mol. The van der Waals surface area contributed by atoms with Crippen LogP contribution in [0.4, 0.5) is 5.69 Å². The number of halogens is 1. The molecule has 0 aliphatic rings. The van der Waals surface area contributed by atoms with E-state index in [1.807, 2.05) is 30.3 Å². The first-order valence-corrected chi connectivity index (χ1v) is 11.6. The van der Waals surface area contributed by atoms with E-state index in [1.54, 1.807) is 48.5 Å². The second-order valence-electron chi connectivity index (χ2n) is 7.48. The predicted octanol–water partition coefficient (Wildman–Crippen LogP) is 5.74. The maximum Gasteiger partial charge on any atom is 0.273 e. The number of carbonyl (C=O) groups is 2. The van der Waals surface area contributed by atoms with Crippen molar-refractivity contribution in [1.82, 2.24) is 5.43 Å². The van der Waals surface area contributed by atoms with Crippen molar-refractivity contribution >= 4 is 39.6 Å². The molecule has 36 heavy (non-hydrogen) atoms. The standard InChI is InChI=1S/C27H22BrN3O5/c1-34-24-13-9-18(15-25(24)35-2)26(32)30-22-6-4-3-5-21(22)27(33)31-29-16-20-12-14-23(36-20)17-7-10-19(28)11-8-17/h3-16H,1-2H3,(H,30,32)(H,31,33)/b29-16-. The fourth-order valence-corrected chi connectivity index (χ4v) is 3.63. The molecule has 0 saturated heterocycles. The van der Waals surface area contributed by atoms with Gasteiger partial charge in [0.2, 0.25) is 0 Å². The van der Waals surface area contributed by atoms with Crippen molar-refractivity contribution in [3.05, 3.63) is 100 Å². The molecule has 0 atom stereocenters. The molecule has 4 aromatic rings. The third-order valence-corrected chi connectivity index (χ3v) is 5.71. The molecule has 182 valence electrons. The molecule has 4 rings (SSSR count). The molecule has 0 aliphatic heterocycles. The first kappa shape index (κ1) is 24.7. The Morgan fingerprint density at radius 2 is 1.64 bits per heavy atom. The van der Waals surface area contributed by atoms with E-state index in [-0.39, 0.29) is 5.56 Å². The second-order valence-corrected chi connectivity index (χ2v) is 8.39. The van der Waals surface area contributed by atoms with Gasteiger partial charge >= 0.3 is 0 Å². The summed E-state index contributed by atoms with van der Waals surface area (Å²) in [6, 6.07) is 22.7. The van der Waals surface area contributed by atoms with Crippen LogP contribution in [-0.4, -0.2) is 32.2 Å². The maximum atomic E-state index is 12.8. The van der Waals surface area contributed by atoms with Crippen molar-refractivity contribution in [2.45, 2.75) is 0 Å². The number of anilines is 1. The Kier molecular flexibility index (Phi) is 7.82. The van der Waals surface area contributed by atoms with Crippen molar-refractivity contribution in [1.29, 1.82) is 0 Å². The van der Waals surface area contributed by atoms with Crippen molar-refractivity contribution in [3.8, 4) is 22.8 Å². The van der Waals surface area contributed by atoms with E-state index in [1.165, 1.54) is 20.4 Å². The van der Waals surface area contributed by atoms with Gasteiger partial charge in [-0.15, -0.1) is 0 Å². The summed E-state index contributed by atoms with van der Waals surface area (Å²) in [4.78, 5) is 25.6. The Balaban J connectivity index is 1.43. The number of carbonyl (C=O) groups excluding carboxylic acids is 2. The summed E-state index contributed by atoms with van der Waals surface area (Å²) in [5.74, 6) is 1.19. The van der Waals surface area contributed by atoms with Gasteiger partial charge < -0.3 is 19.2 Å². The highest BCUT2D eigenvalue weighted by molar-refractivity contribution is 9.10. The normalized spacial score (nSPS) is 10.8. The number of ether oxygens (including phenoxy) is 2. The summed E-state index contributed by atoms with van der Waals surface area (Å²) in [6.45, 7) is 0. The van der Waals surface area contributed by atoms with Crippen molar-refractivity contribution in [2.24, 2.45) is 5.10 Å². The molecule has 9 heteroatoms. The van der Waals surface area contributed by atoms with Crippen molar-refractivity contribution in [2.75, 3.05) is 19.5 Å². The van der Waals surface area contributed by atoms with Gasteiger partial charge in [0.15, 0.2) is 11.5 Å². The summed E-state index contributed by atoms with van der Waals surface area (Å²) < 4.78 is 17.2. The number of furan rings is 1. The lowest BCUT2D eigenvalue weighted by molar-refractivity contribution is 0.0956. The fourth-order valence-electron chi connectivity index (χ4n) is 3.37. The minimum absolute atomic E-state index is 0.249. The molecule has 0 unspecified atom stereocenters. The van der Waals surface area contributed by atoms with Gasteiger partial charge in [-0.2, -0.15) is 5.10 Å². The lowest BCUT2D eigenvalue weighted by atomic mass is 10.1. The molecule has 1 heterocycles. The van der Waals surface area contributed by atoms with Gasteiger partial charge in [-0.05, 0) is 54.6 Å². The van der Waals surface area contributed by atoms with Gasteiger partial charge in [0.05, 0.1) is 31.7 Å². The van der Waals surface area contributed by atoms with Crippen LogP contribution < -0.4 is 20.2 Å². The molecule has 0 fully saturated rings. The predicted molar refractivity (Wildman–Crippen MR) is 141 cm³/mol. The Hall–Kier alpha value is -4.37. The SMILES string of the molecule is COc1ccc(C(=O)Nc2ccccc2C(=O)N/N=C\c2ccc(-c3ccc(Br)cc3)o2)cc1OC. The smallest absolute Gasteiger partial charge is 0.273 e. The number of methoxy groups -OCH3 is 2. The minimum Gasteiger partial charge on any atom is -0.493 e. The number of nitrogens with zero attached hydrogens (tertiary/aromatic N) is 1. The Bertz CT molecular complexity index is 1410. The van der Waals surface area contributed by atoms with Gasteiger partial charge in [-0.1, -0.05) is 40.2 Å². The average molecular weight is 548 g/mol. The Labute approximate surface area is 216 Å². The van der Waals surface area contributed by atoms with Gasteiger partial charge in [0, 0.05) is 15.6 Å². The summed E-state index contributed by atoms with van der Waals surface area (Å²) in [5, 5.41) is 6.75. The molecule has 0 aliphatic carbocycles. The number of hydrogen-bond acceptors (Lipinski definition) is 6. The zero-order valence-electron chi connectivity index (χ0n) is 19.4. The topological polar surface area (TPSA) is 102 Å². The number of amides is 2. The highest BCUT2D eigenvalue weighted by atomic mass is 79.9. The maximum absolute atomic E-state index is 12.8. The van der Waals surface area contributed by atoms with Crippen LogP contribution in [0.15, 0.2) is 92.9 Å². The van der Waals surface area contributed by atoms with Crippen LogP contribution in [0, 0.1) is 0 Å². The highest BCUT2D eigenvalue weighted by Gasteiger charge is 2.15. The van der Waals surface area contributed by atoms with E-state index in [0.29, 0.717) is 34.3 Å². The molecule has 2 amide bonds. The molecule has 0 radical (unpaired) electrons. The van der Waals surface area contributed by atoms with Gasteiger partial charge in [0.25, 0.3) is 11.8 Å². The van der Waals surface area contributed by atoms with E-state index in [2.05, 4.69) is 31.8 Å². The van der Waals surface area contributed by atoms with E-state index in [0.717, 1.165) is 10.0 Å². The number of para-hydroxylation sites is 1. The summed E-state index contributed by atoms with van der Waals surface area (Å²) in [5.41, 5.74) is 4.31. The van der Waals surface area contributed by atoms with E-state index >= 15 is 0 Å². The van der Waals surface area contributed by atoms with Crippen molar-refractivity contribution in [3.63, 3.8) is 0 Å². The van der Waals surface area contributed by atoms with Crippen LogP contribution in [-0.2, 0) is 0 Å². The lowest BCUT2D eigenvalue weighted by Gasteiger charge is -2.12. The Morgan fingerprint density at radius 1 is 0.889 bits per heavy atom. The van der Waals surface area contributed by atoms with Crippen LogP contribution in [0.1, 0.15) is 26.5 Å². The minimum atomic E-state index is -0.492.